The maximum atomic E-state index is 13.0. The fourth-order valence-corrected chi connectivity index (χ4v) is 3.31. The Kier molecular flexibility index (Phi) is 4.56. The van der Waals surface area contributed by atoms with E-state index < -0.39 is 11.6 Å². The molecule has 0 bridgehead atoms. The Morgan fingerprint density at radius 2 is 1.04 bits per heavy atom. The number of carbonyl (C=O) groups excluding carboxylic acids is 2. The molecule has 2 N–H and O–H groups in total. The first-order chi connectivity index (χ1) is 12.2. The number of carbonyl (C=O) groups is 2. The zero-order valence-electron chi connectivity index (χ0n) is 15.3. The van der Waals surface area contributed by atoms with Gasteiger partial charge in [0.1, 0.15) is 11.5 Å². The fourth-order valence-electron chi connectivity index (χ4n) is 3.31. The molecule has 2 aromatic carbocycles. The average molecular weight is 354 g/mol. The monoisotopic (exact) mass is 354 g/mol. The van der Waals surface area contributed by atoms with E-state index in [2.05, 4.69) is 0 Å². The molecule has 3 rings (SSSR count). The highest BCUT2D eigenvalue weighted by Gasteiger charge is 2.35. The van der Waals surface area contributed by atoms with E-state index in [-0.39, 0.29) is 33.8 Å². The van der Waals surface area contributed by atoms with Crippen molar-refractivity contribution in [3.8, 4) is 11.5 Å². The second-order valence-electron chi connectivity index (χ2n) is 7.13. The van der Waals surface area contributed by atoms with Crippen LogP contribution in [0.25, 0.3) is 0 Å². The molecule has 6 nitrogen and oxygen atoms in total. The maximum Gasteiger partial charge on any atom is 0.198 e. The van der Waals surface area contributed by atoms with Crippen molar-refractivity contribution in [1.82, 2.24) is 9.80 Å². The van der Waals surface area contributed by atoms with Crippen LogP contribution in [0.15, 0.2) is 24.3 Å². The van der Waals surface area contributed by atoms with Crippen molar-refractivity contribution in [2.75, 3.05) is 28.2 Å². The highest BCUT2D eigenvalue weighted by Crippen LogP contribution is 2.39. The van der Waals surface area contributed by atoms with E-state index in [1.165, 1.54) is 0 Å². The first-order valence-corrected chi connectivity index (χ1v) is 8.31. The van der Waals surface area contributed by atoms with Crippen LogP contribution in [0.5, 0.6) is 11.5 Å². The van der Waals surface area contributed by atoms with E-state index in [9.17, 15) is 19.8 Å². The van der Waals surface area contributed by atoms with Gasteiger partial charge in [0.15, 0.2) is 11.6 Å². The Balaban J connectivity index is 2.17. The molecular formula is C20H22N2O4. The minimum Gasteiger partial charge on any atom is -0.507 e. The first-order valence-electron chi connectivity index (χ1n) is 8.31. The lowest BCUT2D eigenvalue weighted by atomic mass is 9.81. The molecule has 0 atom stereocenters. The lowest BCUT2D eigenvalue weighted by molar-refractivity contribution is 0.0973. The van der Waals surface area contributed by atoms with Gasteiger partial charge in [-0.3, -0.25) is 9.59 Å². The molecule has 26 heavy (non-hydrogen) atoms. The Labute approximate surface area is 152 Å². The standard InChI is InChI=1S/C20H22N2O4/c1-21(2)9-11-5-7-13-15(17(11)23)19(25)14-8-6-12(10-22(3)4)18(24)16(14)20(13)26/h5-8,23-24H,9-10H2,1-4H3. The van der Waals surface area contributed by atoms with E-state index in [1.807, 2.05) is 38.0 Å². The van der Waals surface area contributed by atoms with Crippen LogP contribution in [0.3, 0.4) is 0 Å². The molecule has 1 aliphatic carbocycles. The molecule has 0 spiro atoms. The highest BCUT2D eigenvalue weighted by atomic mass is 16.3. The number of fused-ring (bicyclic) bond motifs is 2. The Hall–Kier alpha value is -2.70. The Morgan fingerprint density at radius 1 is 0.692 bits per heavy atom. The topological polar surface area (TPSA) is 81.1 Å². The van der Waals surface area contributed by atoms with Crippen molar-refractivity contribution in [2.45, 2.75) is 13.1 Å². The predicted octanol–water partition coefficient (Wildman–Crippen LogP) is 2.00. The van der Waals surface area contributed by atoms with Crippen molar-refractivity contribution in [1.29, 1.82) is 0 Å². The molecule has 0 fully saturated rings. The molecular weight excluding hydrogens is 332 g/mol. The second kappa shape index (κ2) is 6.55. The largest absolute Gasteiger partial charge is 0.507 e. The van der Waals surface area contributed by atoms with Gasteiger partial charge >= 0.3 is 0 Å². The quantitative estimate of drug-likeness (QED) is 0.746. The minimum absolute atomic E-state index is 0.0154. The summed E-state index contributed by atoms with van der Waals surface area (Å²) in [6.07, 6.45) is 0. The van der Waals surface area contributed by atoms with Gasteiger partial charge in [0.2, 0.25) is 0 Å². The smallest absolute Gasteiger partial charge is 0.198 e. The summed E-state index contributed by atoms with van der Waals surface area (Å²) in [5.41, 5.74) is 1.43. The van der Waals surface area contributed by atoms with Crippen LogP contribution < -0.4 is 0 Å². The Bertz CT molecular complexity index is 841. The Morgan fingerprint density at radius 3 is 1.35 bits per heavy atom. The summed E-state index contributed by atoms with van der Waals surface area (Å²) in [7, 11) is 7.41. The number of ketones is 2. The zero-order valence-corrected chi connectivity index (χ0v) is 15.3. The van der Waals surface area contributed by atoms with Gasteiger partial charge in [-0.15, -0.1) is 0 Å². The van der Waals surface area contributed by atoms with Crippen LogP contribution in [-0.4, -0.2) is 59.8 Å². The van der Waals surface area contributed by atoms with Gasteiger partial charge in [-0.1, -0.05) is 12.1 Å². The second-order valence-corrected chi connectivity index (χ2v) is 7.13. The van der Waals surface area contributed by atoms with Crippen LogP contribution in [0.1, 0.15) is 43.0 Å². The summed E-state index contributed by atoms with van der Waals surface area (Å²) < 4.78 is 0. The van der Waals surface area contributed by atoms with E-state index in [1.54, 1.807) is 24.3 Å². The first kappa shape index (κ1) is 18.1. The third-order valence-corrected chi connectivity index (χ3v) is 4.44. The number of hydrogen-bond donors (Lipinski definition) is 2. The van der Waals surface area contributed by atoms with Crippen LogP contribution in [0.2, 0.25) is 0 Å². The molecule has 136 valence electrons. The maximum absolute atomic E-state index is 13.0. The van der Waals surface area contributed by atoms with Crippen LogP contribution in [0.4, 0.5) is 0 Å². The number of benzene rings is 2. The van der Waals surface area contributed by atoms with Gasteiger partial charge < -0.3 is 20.0 Å². The summed E-state index contributed by atoms with van der Waals surface area (Å²) in [6.45, 7) is 0.890. The van der Waals surface area contributed by atoms with E-state index in [0.717, 1.165) is 0 Å². The number of rotatable bonds is 4. The van der Waals surface area contributed by atoms with E-state index in [0.29, 0.717) is 24.2 Å². The van der Waals surface area contributed by atoms with Gasteiger partial charge in [0, 0.05) is 35.3 Å². The molecule has 0 aromatic heterocycles. The summed E-state index contributed by atoms with van der Waals surface area (Å²) in [4.78, 5) is 29.6. The van der Waals surface area contributed by atoms with Crippen LogP contribution >= 0.6 is 0 Å². The number of aromatic hydroxyl groups is 2. The molecule has 0 heterocycles. The predicted molar refractivity (Wildman–Crippen MR) is 97.9 cm³/mol. The van der Waals surface area contributed by atoms with Crippen molar-refractivity contribution in [2.24, 2.45) is 0 Å². The molecule has 0 aliphatic heterocycles. The van der Waals surface area contributed by atoms with Crippen molar-refractivity contribution in [3.05, 3.63) is 57.6 Å². The molecule has 0 radical (unpaired) electrons. The zero-order chi connectivity index (χ0) is 19.2. The van der Waals surface area contributed by atoms with Crippen LogP contribution in [0, 0.1) is 0 Å². The van der Waals surface area contributed by atoms with Gasteiger partial charge in [0.05, 0.1) is 11.1 Å². The van der Waals surface area contributed by atoms with E-state index in [4.69, 9.17) is 0 Å². The normalized spacial score (nSPS) is 13.3. The molecule has 2 aromatic rings. The highest BCUT2D eigenvalue weighted by molar-refractivity contribution is 6.30. The van der Waals surface area contributed by atoms with Crippen LogP contribution in [-0.2, 0) is 13.1 Å². The summed E-state index contributed by atoms with van der Waals surface area (Å²) in [5.74, 6) is -1.23. The van der Waals surface area contributed by atoms with Crippen molar-refractivity contribution in [3.63, 3.8) is 0 Å². The van der Waals surface area contributed by atoms with Gasteiger partial charge in [-0.05, 0) is 40.3 Å². The van der Waals surface area contributed by atoms with Gasteiger partial charge in [-0.2, -0.15) is 0 Å². The van der Waals surface area contributed by atoms with Crippen molar-refractivity contribution >= 4 is 11.6 Å². The molecule has 0 saturated heterocycles. The average Bonchev–Trinajstić information content (AvgIpc) is 2.55. The molecule has 1 aliphatic rings. The molecule has 0 saturated carbocycles. The number of nitrogens with zero attached hydrogens (tertiary/aromatic N) is 2. The number of phenolic OH excluding ortho intramolecular Hbond substituents is 2. The van der Waals surface area contributed by atoms with Crippen molar-refractivity contribution < 1.29 is 19.8 Å². The number of phenols is 2. The molecule has 0 unspecified atom stereocenters. The summed E-state index contributed by atoms with van der Waals surface area (Å²) in [6, 6.07) is 6.39. The lowest BCUT2D eigenvalue weighted by Gasteiger charge is -2.23. The third kappa shape index (κ3) is 2.87. The third-order valence-electron chi connectivity index (χ3n) is 4.44. The lowest BCUT2D eigenvalue weighted by Crippen LogP contribution is -2.23. The minimum atomic E-state index is -0.445. The van der Waals surface area contributed by atoms with Gasteiger partial charge in [0.25, 0.3) is 0 Å². The summed E-state index contributed by atoms with van der Waals surface area (Å²) >= 11 is 0. The molecule has 0 amide bonds. The fraction of sp³-hybridized carbons (Fsp3) is 0.300. The molecule has 6 heteroatoms. The summed E-state index contributed by atoms with van der Waals surface area (Å²) in [5, 5.41) is 21.1. The van der Waals surface area contributed by atoms with Gasteiger partial charge in [-0.25, -0.2) is 0 Å². The number of hydrogen-bond acceptors (Lipinski definition) is 6. The SMILES string of the molecule is CN(C)Cc1ccc2c(c1O)C(=O)c1ccc(CN(C)C)c(O)c1C2=O. The van der Waals surface area contributed by atoms with E-state index >= 15 is 0 Å².